The zero-order valence-electron chi connectivity index (χ0n) is 18.2. The lowest BCUT2D eigenvalue weighted by molar-refractivity contribution is -0.140. The molecule has 1 saturated heterocycles. The van der Waals surface area contributed by atoms with Crippen molar-refractivity contribution in [1.82, 2.24) is 19.9 Å². The number of rotatable bonds is 7. The molecule has 3 heterocycles. The van der Waals surface area contributed by atoms with Crippen LogP contribution < -0.4 is 15.6 Å². The monoisotopic (exact) mass is 479 g/mol. The second kappa shape index (κ2) is 9.27. The van der Waals surface area contributed by atoms with Crippen molar-refractivity contribution in [3.63, 3.8) is 0 Å². The van der Waals surface area contributed by atoms with Gasteiger partial charge >= 0.3 is 0 Å². The number of carbonyl (C=O) groups excluding carboxylic acids is 1. The molecule has 1 fully saturated rings. The van der Waals surface area contributed by atoms with Gasteiger partial charge in [0, 0.05) is 11.6 Å². The summed E-state index contributed by atoms with van der Waals surface area (Å²) in [5.74, 6) is -1.17. The summed E-state index contributed by atoms with van der Waals surface area (Å²) in [5.41, 5.74) is -1.04. The van der Waals surface area contributed by atoms with Gasteiger partial charge in [0.05, 0.1) is 30.1 Å². The van der Waals surface area contributed by atoms with E-state index in [0.717, 1.165) is 6.07 Å². The van der Waals surface area contributed by atoms with Crippen LogP contribution in [0.15, 0.2) is 29.1 Å². The minimum atomic E-state index is -2.96. The van der Waals surface area contributed by atoms with Crippen molar-refractivity contribution in [3.05, 3.63) is 57.4 Å². The van der Waals surface area contributed by atoms with Gasteiger partial charge in [-0.05, 0) is 13.8 Å². The number of amides is 1. The Labute approximate surface area is 191 Å². The Balaban J connectivity index is 1.63. The molecule has 1 amide bonds. The number of nitrogens with zero attached hydrogens (tertiary/aromatic N) is 3. The first kappa shape index (κ1) is 23.5. The Morgan fingerprint density at radius 1 is 1.29 bits per heavy atom. The number of aromatic nitrogens is 3. The lowest BCUT2D eigenvalue weighted by Crippen LogP contribution is -2.56. The molecule has 1 atom stereocenters. The van der Waals surface area contributed by atoms with Gasteiger partial charge in [-0.15, -0.1) is 0 Å². The van der Waals surface area contributed by atoms with E-state index in [1.807, 2.05) is 0 Å². The van der Waals surface area contributed by atoms with Gasteiger partial charge in [-0.25, -0.2) is 27.5 Å². The smallest absolute Gasteiger partial charge is 0.291 e. The predicted molar refractivity (Wildman–Crippen MR) is 115 cm³/mol. The summed E-state index contributed by atoms with van der Waals surface area (Å²) in [5, 5.41) is 3.35. The van der Waals surface area contributed by atoms with Crippen LogP contribution in [-0.4, -0.2) is 51.6 Å². The Hall–Kier alpha value is -3.70. The number of aryl methyl sites for hydroxylation is 1. The molecule has 0 aliphatic carbocycles. The summed E-state index contributed by atoms with van der Waals surface area (Å²) in [6, 6.07) is 4.43. The van der Waals surface area contributed by atoms with Gasteiger partial charge in [-0.1, -0.05) is 18.2 Å². The first-order valence-electron chi connectivity index (χ1n) is 10.4. The maximum absolute atomic E-state index is 14.6. The molecule has 0 radical (unpaired) electrons. The van der Waals surface area contributed by atoms with Gasteiger partial charge in [0.2, 0.25) is 0 Å². The minimum Gasteiger partial charge on any atom is -0.481 e. The molecular weight excluding hydrogens is 458 g/mol. The summed E-state index contributed by atoms with van der Waals surface area (Å²) >= 11 is 0. The predicted octanol–water partition coefficient (Wildman–Crippen LogP) is 3.44. The fourth-order valence-electron chi connectivity index (χ4n) is 3.71. The van der Waals surface area contributed by atoms with Crippen molar-refractivity contribution in [2.24, 2.45) is 0 Å². The molecule has 12 heteroatoms. The van der Waals surface area contributed by atoms with Crippen LogP contribution in [-0.2, 0) is 4.79 Å². The van der Waals surface area contributed by atoms with E-state index in [1.165, 1.54) is 23.1 Å². The zero-order valence-corrected chi connectivity index (χ0v) is 18.2. The number of hydrogen-bond acceptors (Lipinski definition) is 6. The van der Waals surface area contributed by atoms with Crippen molar-refractivity contribution in [2.75, 3.05) is 25.1 Å². The highest BCUT2D eigenvalue weighted by atomic mass is 19.3. The number of nitrogens with one attached hydrogen (secondary N) is 2. The third-order valence-corrected chi connectivity index (χ3v) is 5.51. The molecule has 1 aromatic carbocycles. The van der Waals surface area contributed by atoms with Crippen molar-refractivity contribution in [1.29, 1.82) is 0 Å². The van der Waals surface area contributed by atoms with E-state index in [0.29, 0.717) is 11.2 Å². The van der Waals surface area contributed by atoms with Crippen molar-refractivity contribution in [3.8, 4) is 5.75 Å². The van der Waals surface area contributed by atoms with Crippen LogP contribution >= 0.6 is 0 Å². The van der Waals surface area contributed by atoms with Gasteiger partial charge in [0.15, 0.2) is 12.4 Å². The molecule has 3 aromatic rings. The zero-order chi connectivity index (χ0) is 24.6. The van der Waals surface area contributed by atoms with Crippen molar-refractivity contribution in [2.45, 2.75) is 32.4 Å². The van der Waals surface area contributed by atoms with Crippen LogP contribution in [0.25, 0.3) is 11.0 Å². The number of aromatic amines is 1. The summed E-state index contributed by atoms with van der Waals surface area (Å²) in [6.07, 6.45) is -3.44. The molecule has 34 heavy (non-hydrogen) atoms. The van der Waals surface area contributed by atoms with E-state index in [9.17, 15) is 27.2 Å². The van der Waals surface area contributed by atoms with Crippen LogP contribution in [0.1, 0.15) is 36.3 Å². The first-order chi connectivity index (χ1) is 16.2. The van der Waals surface area contributed by atoms with Crippen LogP contribution in [0.3, 0.4) is 0 Å². The Morgan fingerprint density at radius 3 is 2.68 bits per heavy atom. The van der Waals surface area contributed by atoms with Gasteiger partial charge in [-0.2, -0.15) is 0 Å². The van der Waals surface area contributed by atoms with Crippen molar-refractivity contribution < 1.29 is 27.1 Å². The SMILES string of the molecule is Cc1nc(N[C@H](C)c2cccc(C(F)F)c2F)c2cc(OC3CN(C(=O)CF)C3)c(=O)[nH]c2n1. The molecule has 2 N–H and O–H groups in total. The highest BCUT2D eigenvalue weighted by Crippen LogP contribution is 2.30. The molecular formula is C22H21F4N5O3. The summed E-state index contributed by atoms with van der Waals surface area (Å²) in [7, 11) is 0. The lowest BCUT2D eigenvalue weighted by atomic mass is 10.0. The fraction of sp³-hybridized carbons (Fsp3) is 0.364. The van der Waals surface area contributed by atoms with E-state index < -0.39 is 48.1 Å². The second-order valence-corrected chi connectivity index (χ2v) is 7.93. The molecule has 0 bridgehead atoms. The molecule has 0 saturated carbocycles. The first-order valence-corrected chi connectivity index (χ1v) is 10.4. The van der Waals surface area contributed by atoms with E-state index in [-0.39, 0.29) is 35.9 Å². The van der Waals surface area contributed by atoms with Crippen LogP contribution in [0, 0.1) is 12.7 Å². The third-order valence-electron chi connectivity index (χ3n) is 5.51. The third kappa shape index (κ3) is 4.52. The summed E-state index contributed by atoms with van der Waals surface area (Å²) in [6.45, 7) is 2.37. The molecule has 2 aromatic heterocycles. The number of likely N-dealkylation sites (tertiary alicyclic amines) is 1. The van der Waals surface area contributed by atoms with E-state index >= 15 is 0 Å². The molecule has 180 valence electrons. The Bertz CT molecular complexity index is 1290. The fourth-order valence-corrected chi connectivity index (χ4v) is 3.71. The largest absolute Gasteiger partial charge is 0.481 e. The highest BCUT2D eigenvalue weighted by Gasteiger charge is 2.32. The van der Waals surface area contributed by atoms with E-state index in [1.54, 1.807) is 13.8 Å². The Morgan fingerprint density at radius 2 is 2.00 bits per heavy atom. The molecule has 0 spiro atoms. The number of anilines is 1. The highest BCUT2D eigenvalue weighted by molar-refractivity contribution is 5.87. The molecule has 1 aliphatic heterocycles. The number of benzene rings is 1. The number of fused-ring (bicyclic) bond motifs is 1. The van der Waals surface area contributed by atoms with Crippen LogP contribution in [0.2, 0.25) is 0 Å². The lowest BCUT2D eigenvalue weighted by Gasteiger charge is -2.38. The van der Waals surface area contributed by atoms with Gasteiger partial charge in [-0.3, -0.25) is 9.59 Å². The van der Waals surface area contributed by atoms with Gasteiger partial charge < -0.3 is 19.9 Å². The molecule has 1 aliphatic rings. The minimum absolute atomic E-state index is 0.0233. The number of alkyl halides is 3. The number of H-pyrrole nitrogens is 1. The van der Waals surface area contributed by atoms with E-state index in [2.05, 4.69) is 20.3 Å². The van der Waals surface area contributed by atoms with Gasteiger partial charge in [0.25, 0.3) is 17.9 Å². The van der Waals surface area contributed by atoms with Crippen molar-refractivity contribution >= 4 is 22.8 Å². The number of halogens is 4. The number of hydrogen-bond donors (Lipinski definition) is 2. The second-order valence-electron chi connectivity index (χ2n) is 7.93. The number of pyridine rings is 1. The number of ether oxygens (including phenoxy) is 1. The van der Waals surface area contributed by atoms with Crippen LogP contribution in [0.5, 0.6) is 5.75 Å². The number of carbonyl (C=O) groups is 1. The average molecular weight is 479 g/mol. The molecule has 8 nitrogen and oxygen atoms in total. The molecule has 4 rings (SSSR count). The topological polar surface area (TPSA) is 100 Å². The summed E-state index contributed by atoms with van der Waals surface area (Å²) in [4.78, 5) is 36.2. The van der Waals surface area contributed by atoms with Gasteiger partial charge in [0.1, 0.15) is 29.2 Å². The average Bonchev–Trinajstić information content (AvgIpc) is 2.75. The summed E-state index contributed by atoms with van der Waals surface area (Å²) < 4.78 is 59.0. The van der Waals surface area contributed by atoms with Crippen LogP contribution in [0.4, 0.5) is 23.4 Å². The molecule has 0 unspecified atom stereocenters. The standard InChI is InChI=1S/C22H21F4N5O3/c1-10(13-4-3-5-14(18(13)24)19(25)26)27-20-15-6-16(22(33)30-21(15)29-11(2)28-20)34-12-8-31(9-12)17(32)7-23/h3-6,10,12,19H,7-9H2,1-2H3,(H2,27,28,29,30,33)/t10-/m1/s1. The maximum atomic E-state index is 14.6. The Kier molecular flexibility index (Phi) is 6.40. The van der Waals surface area contributed by atoms with E-state index in [4.69, 9.17) is 4.74 Å². The quantitative estimate of drug-likeness (QED) is 0.504. The normalized spacial score (nSPS) is 14.9. The maximum Gasteiger partial charge on any atom is 0.291 e.